The second-order valence-electron chi connectivity index (χ2n) is 8.07. The summed E-state index contributed by atoms with van der Waals surface area (Å²) in [5, 5.41) is 2.97. The average molecular weight is 455 g/mol. The summed E-state index contributed by atoms with van der Waals surface area (Å²) in [6.07, 6.45) is 8.38. The summed E-state index contributed by atoms with van der Waals surface area (Å²) in [5.41, 5.74) is 3.85. The number of nitrogens with one attached hydrogen (secondary N) is 1. The lowest BCUT2D eigenvalue weighted by Crippen LogP contribution is -2.25. The van der Waals surface area contributed by atoms with E-state index in [1.54, 1.807) is 24.5 Å². The molecule has 2 heterocycles. The average Bonchev–Trinajstić information content (AvgIpc) is 3.23. The Labute approximate surface area is 200 Å². The fourth-order valence-corrected chi connectivity index (χ4v) is 3.99. The summed E-state index contributed by atoms with van der Waals surface area (Å²) in [6, 6.07) is 19.8. The van der Waals surface area contributed by atoms with Crippen molar-refractivity contribution in [1.82, 2.24) is 19.9 Å². The number of hydrogen-bond donors (Lipinski definition) is 1. The molecule has 34 heavy (non-hydrogen) atoms. The zero-order valence-corrected chi connectivity index (χ0v) is 19.3. The summed E-state index contributed by atoms with van der Waals surface area (Å²) in [7, 11) is 0. The van der Waals surface area contributed by atoms with Crippen molar-refractivity contribution in [2.75, 3.05) is 13.2 Å². The largest absolute Gasteiger partial charge is 0.493 e. The number of aryl methyl sites for hydroxylation is 2. The first-order valence-corrected chi connectivity index (χ1v) is 11.7. The van der Waals surface area contributed by atoms with Crippen molar-refractivity contribution in [3.8, 4) is 5.75 Å². The Balaban J connectivity index is 1.34. The van der Waals surface area contributed by atoms with Crippen LogP contribution in [0.5, 0.6) is 5.75 Å². The number of imidazole rings is 1. The second kappa shape index (κ2) is 11.8. The normalized spacial score (nSPS) is 10.8. The van der Waals surface area contributed by atoms with Gasteiger partial charge in [-0.05, 0) is 55.2 Å². The molecule has 1 N–H and O–H groups in total. The molecule has 0 unspecified atom stereocenters. The smallest absolute Gasteiger partial charge is 0.252 e. The van der Waals surface area contributed by atoms with E-state index in [-0.39, 0.29) is 5.91 Å². The van der Waals surface area contributed by atoms with Gasteiger partial charge in [-0.25, -0.2) is 4.98 Å². The number of allylic oxidation sites excluding steroid dienone is 1. The lowest BCUT2D eigenvalue weighted by molar-refractivity contribution is 0.0952. The van der Waals surface area contributed by atoms with Crippen molar-refractivity contribution in [1.29, 1.82) is 0 Å². The Morgan fingerprint density at radius 1 is 1.06 bits per heavy atom. The van der Waals surface area contributed by atoms with E-state index in [1.165, 1.54) is 0 Å². The minimum Gasteiger partial charge on any atom is -0.493 e. The molecule has 2 aromatic carbocycles. The Morgan fingerprint density at radius 3 is 2.76 bits per heavy atom. The number of hydrogen-bond acceptors (Lipinski definition) is 4. The highest BCUT2D eigenvalue weighted by Crippen LogP contribution is 2.20. The summed E-state index contributed by atoms with van der Waals surface area (Å²) in [4.78, 5) is 21.1. The topological polar surface area (TPSA) is 69.0 Å². The maximum Gasteiger partial charge on any atom is 0.252 e. The van der Waals surface area contributed by atoms with Crippen LogP contribution >= 0.6 is 0 Å². The number of fused-ring (bicyclic) bond motifs is 1. The third kappa shape index (κ3) is 5.90. The van der Waals surface area contributed by atoms with Crippen LogP contribution in [0.4, 0.5) is 0 Å². The minimum atomic E-state index is -0.101. The van der Waals surface area contributed by atoms with Crippen molar-refractivity contribution in [2.45, 2.75) is 32.2 Å². The Bertz CT molecular complexity index is 1230. The molecule has 6 nitrogen and oxygen atoms in total. The van der Waals surface area contributed by atoms with Crippen LogP contribution in [-0.2, 0) is 19.4 Å². The predicted octanol–water partition coefficient (Wildman–Crippen LogP) is 4.99. The number of amides is 1. The molecule has 0 aliphatic carbocycles. The first-order valence-electron chi connectivity index (χ1n) is 11.7. The zero-order chi connectivity index (χ0) is 23.6. The first-order chi connectivity index (χ1) is 16.8. The van der Waals surface area contributed by atoms with E-state index in [0.29, 0.717) is 18.7 Å². The quantitative estimate of drug-likeness (QED) is 0.242. The van der Waals surface area contributed by atoms with Gasteiger partial charge in [-0.2, -0.15) is 0 Å². The fourth-order valence-electron chi connectivity index (χ4n) is 3.99. The van der Waals surface area contributed by atoms with Crippen LogP contribution in [0.25, 0.3) is 11.0 Å². The van der Waals surface area contributed by atoms with Gasteiger partial charge in [0.2, 0.25) is 0 Å². The number of para-hydroxylation sites is 3. The van der Waals surface area contributed by atoms with Gasteiger partial charge in [0.05, 0.1) is 23.2 Å². The van der Waals surface area contributed by atoms with Crippen molar-refractivity contribution in [3.05, 3.63) is 103 Å². The number of ether oxygens (including phenoxy) is 1. The second-order valence-corrected chi connectivity index (χ2v) is 8.07. The lowest BCUT2D eigenvalue weighted by Gasteiger charge is -2.12. The molecule has 0 saturated carbocycles. The molecule has 0 saturated heterocycles. The van der Waals surface area contributed by atoms with Gasteiger partial charge in [0.25, 0.3) is 5.91 Å². The maximum atomic E-state index is 12.2. The number of rotatable bonds is 12. The Morgan fingerprint density at radius 2 is 1.91 bits per heavy atom. The van der Waals surface area contributed by atoms with Gasteiger partial charge >= 0.3 is 0 Å². The van der Waals surface area contributed by atoms with Crippen LogP contribution in [0.3, 0.4) is 0 Å². The molecule has 0 radical (unpaired) electrons. The van der Waals surface area contributed by atoms with Crippen molar-refractivity contribution < 1.29 is 9.53 Å². The molecule has 0 atom stereocenters. The SMILES string of the molecule is C=CCc1ccccc1OCCCn1c(CCCNC(=O)c2cccnc2)nc2ccccc21. The Hall–Kier alpha value is -3.93. The molecule has 4 rings (SSSR count). The van der Waals surface area contributed by atoms with Crippen LogP contribution in [0.1, 0.15) is 34.6 Å². The van der Waals surface area contributed by atoms with E-state index in [2.05, 4.69) is 33.6 Å². The molecule has 2 aromatic heterocycles. The fraction of sp³-hybridized carbons (Fsp3) is 0.250. The Kier molecular flexibility index (Phi) is 8.06. The molecule has 0 spiro atoms. The standard InChI is InChI=1S/C28H30N4O2/c1-2-10-22-11-3-6-15-26(22)34-20-9-19-32-25-14-5-4-13-24(25)31-27(32)16-8-18-30-28(33)23-12-7-17-29-21-23/h2-7,11-15,17,21H,1,8-10,16,18-20H2,(H,30,33). The molecule has 0 aliphatic heterocycles. The van der Waals surface area contributed by atoms with E-state index in [0.717, 1.165) is 60.4 Å². The number of pyridine rings is 1. The molecule has 0 bridgehead atoms. The highest BCUT2D eigenvalue weighted by Gasteiger charge is 2.11. The molecule has 6 heteroatoms. The van der Waals surface area contributed by atoms with Gasteiger partial charge in [-0.3, -0.25) is 9.78 Å². The van der Waals surface area contributed by atoms with E-state index in [4.69, 9.17) is 9.72 Å². The summed E-state index contributed by atoms with van der Waals surface area (Å²) in [6.45, 7) is 5.86. The molecular weight excluding hydrogens is 424 g/mol. The summed E-state index contributed by atoms with van der Waals surface area (Å²) in [5.74, 6) is 1.85. The molecule has 4 aromatic rings. The number of nitrogens with zero attached hydrogens (tertiary/aromatic N) is 3. The summed E-state index contributed by atoms with van der Waals surface area (Å²) >= 11 is 0. The number of carbonyl (C=O) groups is 1. The van der Waals surface area contributed by atoms with Crippen molar-refractivity contribution in [2.24, 2.45) is 0 Å². The van der Waals surface area contributed by atoms with Crippen LogP contribution < -0.4 is 10.1 Å². The third-order valence-electron chi connectivity index (χ3n) is 5.64. The number of carbonyl (C=O) groups excluding carboxylic acids is 1. The van der Waals surface area contributed by atoms with Gasteiger partial charge in [-0.1, -0.05) is 36.4 Å². The molecule has 0 fully saturated rings. The van der Waals surface area contributed by atoms with Crippen LogP contribution in [-0.4, -0.2) is 33.6 Å². The maximum absolute atomic E-state index is 12.2. The third-order valence-corrected chi connectivity index (χ3v) is 5.64. The van der Waals surface area contributed by atoms with Crippen LogP contribution in [0.15, 0.2) is 85.7 Å². The van der Waals surface area contributed by atoms with E-state index in [9.17, 15) is 4.79 Å². The van der Waals surface area contributed by atoms with E-state index < -0.39 is 0 Å². The predicted molar refractivity (Wildman–Crippen MR) is 135 cm³/mol. The van der Waals surface area contributed by atoms with Crippen molar-refractivity contribution in [3.63, 3.8) is 0 Å². The zero-order valence-electron chi connectivity index (χ0n) is 19.3. The van der Waals surface area contributed by atoms with Gasteiger partial charge in [0.1, 0.15) is 11.6 Å². The number of aromatic nitrogens is 3. The minimum absolute atomic E-state index is 0.101. The first kappa shape index (κ1) is 23.2. The van der Waals surface area contributed by atoms with Crippen LogP contribution in [0, 0.1) is 0 Å². The van der Waals surface area contributed by atoms with E-state index >= 15 is 0 Å². The van der Waals surface area contributed by atoms with E-state index in [1.807, 2.05) is 42.5 Å². The molecule has 174 valence electrons. The molecular formula is C28H30N4O2. The van der Waals surface area contributed by atoms with Crippen LogP contribution in [0.2, 0.25) is 0 Å². The van der Waals surface area contributed by atoms with Gasteiger partial charge in [0, 0.05) is 31.9 Å². The van der Waals surface area contributed by atoms with Gasteiger partial charge in [-0.15, -0.1) is 6.58 Å². The monoisotopic (exact) mass is 454 g/mol. The summed E-state index contributed by atoms with van der Waals surface area (Å²) < 4.78 is 8.35. The van der Waals surface area contributed by atoms with Crippen molar-refractivity contribution >= 4 is 16.9 Å². The van der Waals surface area contributed by atoms with Gasteiger partial charge in [0.15, 0.2) is 0 Å². The lowest BCUT2D eigenvalue weighted by atomic mass is 10.1. The van der Waals surface area contributed by atoms with Gasteiger partial charge < -0.3 is 14.6 Å². The molecule has 1 amide bonds. The highest BCUT2D eigenvalue weighted by atomic mass is 16.5. The number of benzene rings is 2. The molecule has 0 aliphatic rings. The highest BCUT2D eigenvalue weighted by molar-refractivity contribution is 5.93.